The summed E-state index contributed by atoms with van der Waals surface area (Å²) in [6.45, 7) is 3.12. The minimum Gasteiger partial charge on any atom is -0.319 e. The maximum Gasteiger partial charge on any atom is 0.294 e. The Labute approximate surface area is 154 Å². The molecule has 1 aliphatic heterocycles. The van der Waals surface area contributed by atoms with Gasteiger partial charge in [-0.15, -0.1) is 11.3 Å². The van der Waals surface area contributed by atoms with Crippen molar-refractivity contribution in [2.75, 3.05) is 18.4 Å². The highest BCUT2D eigenvalue weighted by Gasteiger charge is 2.29. The standard InChI is InChI=1S/C17H18ClN3O3S/c1-11-4-7-16(25-11)14-3-2-8-20(14)10-17(22)19-13-6-5-12(18)9-15(13)21(23)24/h4-7,9,14H,2-3,8,10H2,1H3,(H,19,22). The van der Waals surface area contributed by atoms with E-state index < -0.39 is 4.92 Å². The molecule has 2 heterocycles. The van der Waals surface area contributed by atoms with Crippen LogP contribution in [0.2, 0.25) is 5.02 Å². The smallest absolute Gasteiger partial charge is 0.294 e. The molecule has 1 aliphatic rings. The number of halogens is 1. The molecule has 0 aliphatic carbocycles. The van der Waals surface area contributed by atoms with Crippen LogP contribution in [-0.2, 0) is 4.79 Å². The zero-order chi connectivity index (χ0) is 18.0. The maximum atomic E-state index is 12.4. The molecule has 1 atom stereocenters. The number of hydrogen-bond donors (Lipinski definition) is 1. The number of anilines is 1. The summed E-state index contributed by atoms with van der Waals surface area (Å²) in [5.74, 6) is -0.259. The second-order valence-corrected chi connectivity index (χ2v) is 7.80. The number of aryl methyl sites for hydroxylation is 1. The zero-order valence-corrected chi connectivity index (χ0v) is 15.3. The van der Waals surface area contributed by atoms with Gasteiger partial charge in [0.2, 0.25) is 5.91 Å². The van der Waals surface area contributed by atoms with Crippen LogP contribution in [0.25, 0.3) is 0 Å². The lowest BCUT2D eigenvalue weighted by atomic mass is 10.2. The van der Waals surface area contributed by atoms with Gasteiger partial charge in [0, 0.05) is 26.9 Å². The number of carbonyl (C=O) groups excluding carboxylic acids is 1. The average Bonchev–Trinajstić information content (AvgIpc) is 3.17. The van der Waals surface area contributed by atoms with Crippen molar-refractivity contribution in [3.63, 3.8) is 0 Å². The Balaban J connectivity index is 1.69. The fourth-order valence-corrected chi connectivity index (χ4v) is 4.32. The van der Waals surface area contributed by atoms with Gasteiger partial charge in [0.15, 0.2) is 0 Å². The summed E-state index contributed by atoms with van der Waals surface area (Å²) < 4.78 is 0. The molecular weight excluding hydrogens is 362 g/mol. The fraction of sp³-hybridized carbons (Fsp3) is 0.353. The Morgan fingerprint density at radius 3 is 2.92 bits per heavy atom. The Hall–Kier alpha value is -1.96. The Morgan fingerprint density at radius 1 is 1.44 bits per heavy atom. The van der Waals surface area contributed by atoms with E-state index in [-0.39, 0.29) is 34.9 Å². The van der Waals surface area contributed by atoms with E-state index in [0.717, 1.165) is 19.4 Å². The molecule has 1 unspecified atom stereocenters. The lowest BCUT2D eigenvalue weighted by molar-refractivity contribution is -0.383. The van der Waals surface area contributed by atoms with Gasteiger partial charge in [0.25, 0.3) is 5.69 Å². The number of thiophene rings is 1. The predicted molar refractivity (Wildman–Crippen MR) is 99.3 cm³/mol. The first kappa shape index (κ1) is 17.8. The monoisotopic (exact) mass is 379 g/mol. The first-order valence-electron chi connectivity index (χ1n) is 7.98. The van der Waals surface area contributed by atoms with E-state index in [1.165, 1.54) is 28.0 Å². The Kier molecular flexibility index (Phi) is 5.36. The number of nitro groups is 1. The van der Waals surface area contributed by atoms with Crippen molar-refractivity contribution in [1.29, 1.82) is 0 Å². The number of carbonyl (C=O) groups is 1. The van der Waals surface area contributed by atoms with E-state index in [1.54, 1.807) is 11.3 Å². The van der Waals surface area contributed by atoms with E-state index in [9.17, 15) is 14.9 Å². The first-order chi connectivity index (χ1) is 11.9. The quantitative estimate of drug-likeness (QED) is 0.617. The molecule has 0 bridgehead atoms. The topological polar surface area (TPSA) is 75.5 Å². The summed E-state index contributed by atoms with van der Waals surface area (Å²) in [6.07, 6.45) is 2.06. The average molecular weight is 380 g/mol. The van der Waals surface area contributed by atoms with Crippen molar-refractivity contribution >= 4 is 40.2 Å². The Bertz CT molecular complexity index is 808. The van der Waals surface area contributed by atoms with E-state index in [4.69, 9.17) is 11.6 Å². The van der Waals surface area contributed by atoms with Gasteiger partial charge in [-0.05, 0) is 50.6 Å². The molecule has 6 nitrogen and oxygen atoms in total. The van der Waals surface area contributed by atoms with Gasteiger partial charge in [-0.1, -0.05) is 11.6 Å². The van der Waals surface area contributed by atoms with Crippen LogP contribution in [0.15, 0.2) is 30.3 Å². The molecule has 1 amide bonds. The van der Waals surface area contributed by atoms with Crippen molar-refractivity contribution in [1.82, 2.24) is 4.90 Å². The summed E-state index contributed by atoms with van der Waals surface area (Å²) in [6, 6.07) is 8.67. The minimum atomic E-state index is -0.547. The molecule has 1 N–H and O–H groups in total. The van der Waals surface area contributed by atoms with Crippen LogP contribution in [0.4, 0.5) is 11.4 Å². The van der Waals surface area contributed by atoms with Crippen molar-refractivity contribution in [2.24, 2.45) is 0 Å². The van der Waals surface area contributed by atoms with E-state index >= 15 is 0 Å². The summed E-state index contributed by atoms with van der Waals surface area (Å²) in [5.41, 5.74) is -0.0326. The van der Waals surface area contributed by atoms with Crippen molar-refractivity contribution < 1.29 is 9.72 Å². The second-order valence-electron chi connectivity index (χ2n) is 6.04. The number of nitrogens with one attached hydrogen (secondary N) is 1. The molecule has 1 fully saturated rings. The van der Waals surface area contributed by atoms with E-state index in [1.807, 2.05) is 0 Å². The van der Waals surface area contributed by atoms with Crippen molar-refractivity contribution in [3.8, 4) is 0 Å². The van der Waals surface area contributed by atoms with Crippen LogP contribution >= 0.6 is 22.9 Å². The number of likely N-dealkylation sites (tertiary alicyclic amines) is 1. The second kappa shape index (κ2) is 7.51. The third-order valence-electron chi connectivity index (χ3n) is 4.23. The molecule has 0 saturated carbocycles. The van der Waals surface area contributed by atoms with Crippen LogP contribution in [-0.4, -0.2) is 28.8 Å². The number of hydrogen-bond acceptors (Lipinski definition) is 5. The molecule has 1 aromatic heterocycles. The lowest BCUT2D eigenvalue weighted by Crippen LogP contribution is -2.32. The predicted octanol–water partition coefficient (Wildman–Crippen LogP) is 4.39. The molecule has 25 heavy (non-hydrogen) atoms. The number of benzene rings is 1. The fourth-order valence-electron chi connectivity index (χ4n) is 3.11. The highest BCUT2D eigenvalue weighted by molar-refractivity contribution is 7.12. The molecule has 8 heteroatoms. The normalized spacial score (nSPS) is 17.6. The number of rotatable bonds is 5. The minimum absolute atomic E-state index is 0.169. The van der Waals surface area contributed by atoms with Crippen molar-refractivity contribution in [3.05, 3.63) is 55.2 Å². The summed E-state index contributed by atoms with van der Waals surface area (Å²) in [5, 5.41) is 14.0. The Morgan fingerprint density at radius 2 is 2.24 bits per heavy atom. The summed E-state index contributed by atoms with van der Waals surface area (Å²) >= 11 is 7.55. The molecule has 0 radical (unpaired) electrons. The number of nitrogens with zero attached hydrogens (tertiary/aromatic N) is 2. The van der Waals surface area contributed by atoms with Crippen LogP contribution < -0.4 is 5.32 Å². The van der Waals surface area contributed by atoms with Gasteiger partial charge < -0.3 is 5.32 Å². The lowest BCUT2D eigenvalue weighted by Gasteiger charge is -2.22. The molecule has 3 rings (SSSR count). The molecule has 1 aromatic carbocycles. The maximum absolute atomic E-state index is 12.4. The largest absolute Gasteiger partial charge is 0.319 e. The van der Waals surface area contributed by atoms with Crippen LogP contribution in [0.1, 0.15) is 28.6 Å². The van der Waals surface area contributed by atoms with Crippen LogP contribution in [0.3, 0.4) is 0 Å². The molecular formula is C17H18ClN3O3S. The number of nitro benzene ring substituents is 1. The van der Waals surface area contributed by atoms with Gasteiger partial charge in [0.1, 0.15) is 5.69 Å². The zero-order valence-electron chi connectivity index (χ0n) is 13.7. The molecule has 132 valence electrons. The highest BCUT2D eigenvalue weighted by Crippen LogP contribution is 2.35. The SMILES string of the molecule is Cc1ccc(C2CCCN2CC(=O)Nc2ccc(Cl)cc2[N+](=O)[O-])s1. The molecule has 0 spiro atoms. The van der Waals surface area contributed by atoms with Gasteiger partial charge in [-0.2, -0.15) is 0 Å². The summed E-state index contributed by atoms with van der Waals surface area (Å²) in [7, 11) is 0. The van der Waals surface area contributed by atoms with Gasteiger partial charge >= 0.3 is 0 Å². The van der Waals surface area contributed by atoms with Gasteiger partial charge in [-0.25, -0.2) is 0 Å². The number of amides is 1. The van der Waals surface area contributed by atoms with Gasteiger partial charge in [0.05, 0.1) is 11.5 Å². The van der Waals surface area contributed by atoms with Gasteiger partial charge in [-0.3, -0.25) is 19.8 Å². The third-order valence-corrected chi connectivity index (χ3v) is 5.57. The third kappa shape index (κ3) is 4.18. The van der Waals surface area contributed by atoms with E-state index in [2.05, 4.69) is 29.3 Å². The summed E-state index contributed by atoms with van der Waals surface area (Å²) in [4.78, 5) is 27.6. The van der Waals surface area contributed by atoms with E-state index in [0.29, 0.717) is 0 Å². The first-order valence-corrected chi connectivity index (χ1v) is 9.17. The molecule has 1 saturated heterocycles. The van der Waals surface area contributed by atoms with Crippen LogP contribution in [0.5, 0.6) is 0 Å². The highest BCUT2D eigenvalue weighted by atomic mass is 35.5. The molecule has 2 aromatic rings. The van der Waals surface area contributed by atoms with Crippen molar-refractivity contribution in [2.45, 2.75) is 25.8 Å². The van der Waals surface area contributed by atoms with Crippen LogP contribution in [0, 0.1) is 17.0 Å².